The van der Waals surface area contributed by atoms with Gasteiger partial charge in [0.2, 0.25) is 9.84 Å². The Bertz CT molecular complexity index is 914. The maximum absolute atomic E-state index is 12.7. The van der Waals surface area contributed by atoms with Crippen molar-refractivity contribution in [3.63, 3.8) is 0 Å². The van der Waals surface area contributed by atoms with Crippen LogP contribution >= 0.6 is 0 Å². The van der Waals surface area contributed by atoms with E-state index in [1.54, 1.807) is 24.3 Å². The molecule has 0 bridgehead atoms. The molecule has 2 N–H and O–H groups in total. The minimum absolute atomic E-state index is 0.0392. The Morgan fingerprint density at radius 1 is 1.04 bits per heavy atom. The maximum Gasteiger partial charge on any atom is 0.211 e. The van der Waals surface area contributed by atoms with E-state index in [-0.39, 0.29) is 15.6 Å². The number of anilines is 1. The van der Waals surface area contributed by atoms with Crippen LogP contribution in [0.25, 0.3) is 0 Å². The highest BCUT2D eigenvalue weighted by molar-refractivity contribution is 7.91. The predicted octanol–water partition coefficient (Wildman–Crippen LogP) is 2.65. The summed E-state index contributed by atoms with van der Waals surface area (Å²) in [4.78, 5) is 0.256. The number of nitrogens with zero attached hydrogens (tertiary/aromatic N) is 2. The van der Waals surface area contributed by atoms with Crippen molar-refractivity contribution in [3.8, 4) is 0 Å². The Kier molecular flexibility index (Phi) is 3.92. The third-order valence-corrected chi connectivity index (χ3v) is 5.43. The number of sulfone groups is 1. The van der Waals surface area contributed by atoms with Gasteiger partial charge in [-0.25, -0.2) is 13.1 Å². The minimum Gasteiger partial charge on any atom is -0.383 e. The molecule has 3 rings (SSSR count). The molecule has 0 aliphatic heterocycles. The molecule has 0 spiro atoms. The van der Waals surface area contributed by atoms with Crippen LogP contribution in [-0.2, 0) is 16.4 Å². The van der Waals surface area contributed by atoms with Gasteiger partial charge in [-0.1, -0.05) is 48.0 Å². The lowest BCUT2D eigenvalue weighted by Crippen LogP contribution is -2.09. The Morgan fingerprint density at radius 3 is 2.35 bits per heavy atom. The van der Waals surface area contributed by atoms with Crippen molar-refractivity contribution in [3.05, 3.63) is 71.9 Å². The molecule has 3 aromatic rings. The molecule has 0 unspecified atom stereocenters. The van der Waals surface area contributed by atoms with Gasteiger partial charge in [0.25, 0.3) is 0 Å². The number of hydrogen-bond donors (Lipinski definition) is 1. The summed E-state index contributed by atoms with van der Waals surface area (Å²) < 4.78 is 26.9. The second-order valence-corrected chi connectivity index (χ2v) is 7.27. The lowest BCUT2D eigenvalue weighted by molar-refractivity contribution is 0.596. The molecule has 23 heavy (non-hydrogen) atoms. The van der Waals surface area contributed by atoms with Crippen molar-refractivity contribution in [2.45, 2.75) is 23.3 Å². The van der Waals surface area contributed by atoms with Crippen LogP contribution in [0, 0.1) is 6.92 Å². The van der Waals surface area contributed by atoms with Gasteiger partial charge in [-0.05, 0) is 24.6 Å². The van der Waals surface area contributed by atoms with Gasteiger partial charge >= 0.3 is 0 Å². The SMILES string of the molecule is Cc1ccc(S(=O)(=O)c2cnn(Cc3ccccc3)c2N)cc1. The summed E-state index contributed by atoms with van der Waals surface area (Å²) in [5.41, 5.74) is 8.02. The molecule has 0 aliphatic rings. The first kappa shape index (κ1) is 15.3. The molecule has 0 saturated carbocycles. The molecule has 118 valence electrons. The maximum atomic E-state index is 12.7. The number of hydrogen-bond acceptors (Lipinski definition) is 4. The average molecular weight is 327 g/mol. The summed E-state index contributed by atoms with van der Waals surface area (Å²) in [6.07, 6.45) is 1.31. The summed E-state index contributed by atoms with van der Waals surface area (Å²) in [6, 6.07) is 16.3. The van der Waals surface area contributed by atoms with Gasteiger partial charge in [0.15, 0.2) is 0 Å². The van der Waals surface area contributed by atoms with Crippen LogP contribution in [0.4, 0.5) is 5.82 Å². The van der Waals surface area contributed by atoms with Crippen molar-refractivity contribution >= 4 is 15.7 Å². The Labute approximate surface area is 135 Å². The molecule has 1 heterocycles. The van der Waals surface area contributed by atoms with Crippen LogP contribution in [0.2, 0.25) is 0 Å². The number of nitrogens with two attached hydrogens (primary N) is 1. The quantitative estimate of drug-likeness (QED) is 0.799. The average Bonchev–Trinajstić information content (AvgIpc) is 2.90. The highest BCUT2D eigenvalue weighted by atomic mass is 32.2. The highest BCUT2D eigenvalue weighted by Crippen LogP contribution is 2.26. The third-order valence-electron chi connectivity index (χ3n) is 3.64. The van der Waals surface area contributed by atoms with Gasteiger partial charge in [0.1, 0.15) is 10.7 Å². The zero-order valence-corrected chi connectivity index (χ0v) is 13.5. The molecule has 0 atom stereocenters. The van der Waals surface area contributed by atoms with E-state index < -0.39 is 9.84 Å². The van der Waals surface area contributed by atoms with Gasteiger partial charge < -0.3 is 5.73 Å². The van der Waals surface area contributed by atoms with E-state index >= 15 is 0 Å². The van der Waals surface area contributed by atoms with Crippen molar-refractivity contribution in [2.24, 2.45) is 0 Å². The minimum atomic E-state index is -3.67. The monoisotopic (exact) mass is 327 g/mol. The van der Waals surface area contributed by atoms with Gasteiger partial charge in [0.05, 0.1) is 17.6 Å². The first-order valence-electron chi connectivity index (χ1n) is 7.15. The fourth-order valence-electron chi connectivity index (χ4n) is 2.31. The van der Waals surface area contributed by atoms with Gasteiger partial charge in [-0.3, -0.25) is 0 Å². The lowest BCUT2D eigenvalue weighted by Gasteiger charge is -2.07. The molecule has 0 saturated heterocycles. The molecule has 5 nitrogen and oxygen atoms in total. The zero-order valence-electron chi connectivity index (χ0n) is 12.7. The van der Waals surface area contributed by atoms with Crippen LogP contribution in [0.1, 0.15) is 11.1 Å². The van der Waals surface area contributed by atoms with Crippen molar-refractivity contribution < 1.29 is 8.42 Å². The van der Waals surface area contributed by atoms with Gasteiger partial charge in [-0.15, -0.1) is 0 Å². The lowest BCUT2D eigenvalue weighted by atomic mass is 10.2. The number of benzene rings is 2. The normalized spacial score (nSPS) is 11.5. The predicted molar refractivity (Wildman–Crippen MR) is 88.8 cm³/mol. The fraction of sp³-hybridized carbons (Fsp3) is 0.118. The Morgan fingerprint density at radius 2 is 1.70 bits per heavy atom. The summed E-state index contributed by atoms with van der Waals surface area (Å²) in [6.45, 7) is 2.33. The standard InChI is InChI=1S/C17H17N3O2S/c1-13-7-9-15(10-8-13)23(21,22)16-11-19-20(17(16)18)12-14-5-3-2-4-6-14/h2-11H,12,18H2,1H3. The largest absolute Gasteiger partial charge is 0.383 e. The van der Waals surface area contributed by atoms with E-state index in [0.29, 0.717) is 6.54 Å². The van der Waals surface area contributed by atoms with Crippen LogP contribution in [-0.4, -0.2) is 18.2 Å². The number of aromatic nitrogens is 2. The summed E-state index contributed by atoms with van der Waals surface area (Å²) >= 11 is 0. The first-order valence-corrected chi connectivity index (χ1v) is 8.64. The molecule has 6 heteroatoms. The number of nitrogen functional groups attached to an aromatic ring is 1. The summed E-state index contributed by atoms with van der Waals surface area (Å²) in [7, 11) is -3.67. The smallest absolute Gasteiger partial charge is 0.211 e. The molecular weight excluding hydrogens is 310 g/mol. The van der Waals surface area contributed by atoms with Crippen molar-refractivity contribution in [2.75, 3.05) is 5.73 Å². The molecule has 1 aromatic heterocycles. The Hall–Kier alpha value is -2.60. The summed E-state index contributed by atoms with van der Waals surface area (Å²) in [5.74, 6) is 0.148. The van der Waals surface area contributed by atoms with E-state index in [9.17, 15) is 8.42 Å². The topological polar surface area (TPSA) is 78.0 Å². The molecule has 0 aliphatic carbocycles. The van der Waals surface area contributed by atoms with Crippen molar-refractivity contribution in [1.82, 2.24) is 9.78 Å². The van der Waals surface area contributed by atoms with E-state index in [1.807, 2.05) is 37.3 Å². The highest BCUT2D eigenvalue weighted by Gasteiger charge is 2.24. The second kappa shape index (κ2) is 5.89. The molecule has 0 fully saturated rings. The van der Waals surface area contributed by atoms with Gasteiger partial charge in [-0.2, -0.15) is 5.10 Å². The molecule has 0 amide bonds. The Balaban J connectivity index is 1.96. The van der Waals surface area contributed by atoms with E-state index in [0.717, 1.165) is 11.1 Å². The molecule has 0 radical (unpaired) electrons. The molecule has 2 aromatic carbocycles. The van der Waals surface area contributed by atoms with Gasteiger partial charge in [0, 0.05) is 0 Å². The van der Waals surface area contributed by atoms with Crippen molar-refractivity contribution in [1.29, 1.82) is 0 Å². The third kappa shape index (κ3) is 2.98. The van der Waals surface area contributed by atoms with Crippen LogP contribution < -0.4 is 5.73 Å². The van der Waals surface area contributed by atoms with Crippen LogP contribution in [0.3, 0.4) is 0 Å². The molecular formula is C17H17N3O2S. The van der Waals surface area contributed by atoms with Crippen LogP contribution in [0.5, 0.6) is 0 Å². The second-order valence-electron chi connectivity index (χ2n) is 5.35. The number of rotatable bonds is 4. The van der Waals surface area contributed by atoms with E-state index in [2.05, 4.69) is 5.10 Å². The number of aryl methyl sites for hydroxylation is 1. The van der Waals surface area contributed by atoms with Crippen LogP contribution in [0.15, 0.2) is 70.6 Å². The first-order chi connectivity index (χ1) is 11.0. The van der Waals surface area contributed by atoms with E-state index in [4.69, 9.17) is 5.73 Å². The fourth-order valence-corrected chi connectivity index (χ4v) is 3.63. The zero-order chi connectivity index (χ0) is 16.4. The van der Waals surface area contributed by atoms with E-state index in [1.165, 1.54) is 10.9 Å². The summed E-state index contributed by atoms with van der Waals surface area (Å²) in [5, 5.41) is 4.13.